The van der Waals surface area contributed by atoms with Gasteiger partial charge in [-0.05, 0) is 43.7 Å². The van der Waals surface area contributed by atoms with Crippen molar-refractivity contribution in [3.63, 3.8) is 0 Å². The van der Waals surface area contributed by atoms with Crippen LogP contribution in [0.15, 0.2) is 42.5 Å². The number of para-hydroxylation sites is 2. The Hall–Kier alpha value is -2.07. The second kappa shape index (κ2) is 6.14. The maximum atomic E-state index is 14.2. The predicted octanol–water partition coefficient (Wildman–Crippen LogP) is 3.25. The normalized spacial score (nSPS) is 14.3. The fraction of sp³-hybridized carbons (Fsp3) is 0.294. The Kier molecular flexibility index (Phi) is 4.06. The summed E-state index contributed by atoms with van der Waals surface area (Å²) in [6, 6.07) is 13.1. The van der Waals surface area contributed by atoms with Crippen LogP contribution in [0.5, 0.6) is 5.75 Å². The molecule has 0 unspecified atom stereocenters. The van der Waals surface area contributed by atoms with Gasteiger partial charge in [-0.2, -0.15) is 0 Å². The highest BCUT2D eigenvalue weighted by Crippen LogP contribution is 2.37. The second-order valence-corrected chi connectivity index (χ2v) is 5.10. The highest BCUT2D eigenvalue weighted by molar-refractivity contribution is 5.72. The number of rotatable bonds is 3. The van der Waals surface area contributed by atoms with Crippen molar-refractivity contribution >= 4 is 11.4 Å². The summed E-state index contributed by atoms with van der Waals surface area (Å²) in [5, 5.41) is 0. The first-order chi connectivity index (χ1) is 10.3. The van der Waals surface area contributed by atoms with Crippen LogP contribution in [0, 0.1) is 5.82 Å². The van der Waals surface area contributed by atoms with Crippen LogP contribution in [-0.4, -0.2) is 19.7 Å². The van der Waals surface area contributed by atoms with E-state index in [-0.39, 0.29) is 5.82 Å². The van der Waals surface area contributed by atoms with Crippen molar-refractivity contribution in [3.8, 4) is 5.75 Å². The topological polar surface area (TPSA) is 38.5 Å². The van der Waals surface area contributed by atoms with Crippen molar-refractivity contribution in [1.29, 1.82) is 0 Å². The minimum absolute atomic E-state index is 0.194. The van der Waals surface area contributed by atoms with Gasteiger partial charge in [0, 0.05) is 17.8 Å². The predicted molar refractivity (Wildman–Crippen MR) is 82.7 cm³/mol. The van der Waals surface area contributed by atoms with Crippen LogP contribution in [0.25, 0.3) is 0 Å². The Labute approximate surface area is 124 Å². The van der Waals surface area contributed by atoms with Gasteiger partial charge in [0.15, 0.2) is 0 Å². The summed E-state index contributed by atoms with van der Waals surface area (Å²) in [5.74, 6) is 0.651. The number of anilines is 2. The molecule has 3 rings (SSSR count). The van der Waals surface area contributed by atoms with Gasteiger partial charge in [0.05, 0.1) is 12.3 Å². The molecule has 0 amide bonds. The van der Waals surface area contributed by atoms with Crippen molar-refractivity contribution in [2.75, 3.05) is 24.6 Å². The van der Waals surface area contributed by atoms with Gasteiger partial charge in [0.1, 0.15) is 11.6 Å². The summed E-state index contributed by atoms with van der Waals surface area (Å²) in [4.78, 5) is 2.14. The van der Waals surface area contributed by atoms with Gasteiger partial charge in [0.2, 0.25) is 0 Å². The first-order valence-corrected chi connectivity index (χ1v) is 7.28. The zero-order valence-electron chi connectivity index (χ0n) is 11.9. The second-order valence-electron chi connectivity index (χ2n) is 5.10. The molecule has 0 radical (unpaired) electrons. The van der Waals surface area contributed by atoms with Crippen molar-refractivity contribution < 1.29 is 9.13 Å². The molecule has 1 heterocycles. The van der Waals surface area contributed by atoms with Gasteiger partial charge in [-0.15, -0.1) is 0 Å². The number of nitrogens with zero attached hydrogens (tertiary/aromatic N) is 1. The Bertz CT molecular complexity index is 630. The minimum atomic E-state index is -0.194. The summed E-state index contributed by atoms with van der Waals surface area (Å²) in [6.07, 6.45) is 1.43. The van der Waals surface area contributed by atoms with E-state index in [2.05, 4.69) is 4.90 Å². The average molecular weight is 286 g/mol. The summed E-state index contributed by atoms with van der Waals surface area (Å²) in [7, 11) is 0. The fourth-order valence-electron chi connectivity index (χ4n) is 2.77. The van der Waals surface area contributed by atoms with Gasteiger partial charge in [-0.3, -0.25) is 0 Å². The zero-order chi connectivity index (χ0) is 14.7. The smallest absolute Gasteiger partial charge is 0.142 e. The number of hydrogen-bond donors (Lipinski definition) is 1. The Morgan fingerprint density at radius 3 is 2.76 bits per heavy atom. The quantitative estimate of drug-likeness (QED) is 0.941. The van der Waals surface area contributed by atoms with Crippen molar-refractivity contribution in [2.45, 2.75) is 12.8 Å². The van der Waals surface area contributed by atoms with E-state index in [1.807, 2.05) is 30.3 Å². The fourth-order valence-corrected chi connectivity index (χ4v) is 2.77. The van der Waals surface area contributed by atoms with Crippen LogP contribution >= 0.6 is 0 Å². The third-order valence-electron chi connectivity index (χ3n) is 3.72. The molecule has 110 valence electrons. The van der Waals surface area contributed by atoms with Gasteiger partial charge in [-0.25, -0.2) is 4.39 Å². The highest BCUT2D eigenvalue weighted by atomic mass is 19.1. The summed E-state index contributed by atoms with van der Waals surface area (Å²) in [6.45, 7) is 1.91. The van der Waals surface area contributed by atoms with Crippen LogP contribution in [0.1, 0.15) is 12.0 Å². The molecule has 4 heteroatoms. The van der Waals surface area contributed by atoms with Gasteiger partial charge < -0.3 is 15.4 Å². The van der Waals surface area contributed by atoms with E-state index in [1.165, 1.54) is 6.07 Å². The molecule has 1 aliphatic heterocycles. The van der Waals surface area contributed by atoms with Gasteiger partial charge in [0.25, 0.3) is 0 Å². The molecule has 0 aromatic heterocycles. The van der Waals surface area contributed by atoms with E-state index in [0.29, 0.717) is 25.1 Å². The molecular formula is C17H19FN2O. The number of hydrogen-bond acceptors (Lipinski definition) is 3. The van der Waals surface area contributed by atoms with E-state index >= 15 is 0 Å². The molecule has 0 atom stereocenters. The van der Waals surface area contributed by atoms with Crippen LogP contribution in [0.3, 0.4) is 0 Å². The van der Waals surface area contributed by atoms with Gasteiger partial charge >= 0.3 is 0 Å². The largest absolute Gasteiger partial charge is 0.491 e. The Morgan fingerprint density at radius 1 is 1.10 bits per heavy atom. The van der Waals surface area contributed by atoms with Crippen LogP contribution in [0.2, 0.25) is 0 Å². The summed E-state index contributed by atoms with van der Waals surface area (Å²) >= 11 is 0. The highest BCUT2D eigenvalue weighted by Gasteiger charge is 2.20. The van der Waals surface area contributed by atoms with Crippen molar-refractivity contribution in [3.05, 3.63) is 53.8 Å². The van der Waals surface area contributed by atoms with Crippen LogP contribution in [-0.2, 0) is 6.42 Å². The van der Waals surface area contributed by atoms with Crippen LogP contribution in [0.4, 0.5) is 15.8 Å². The lowest BCUT2D eigenvalue weighted by atomic mass is 10.1. The Morgan fingerprint density at radius 2 is 1.90 bits per heavy atom. The lowest BCUT2D eigenvalue weighted by Gasteiger charge is -2.26. The first kappa shape index (κ1) is 13.9. The van der Waals surface area contributed by atoms with Crippen molar-refractivity contribution in [2.24, 2.45) is 5.73 Å². The molecule has 21 heavy (non-hydrogen) atoms. The third-order valence-corrected chi connectivity index (χ3v) is 3.72. The number of benzene rings is 2. The monoisotopic (exact) mass is 286 g/mol. The van der Waals surface area contributed by atoms with Crippen molar-refractivity contribution in [1.82, 2.24) is 0 Å². The molecule has 1 aliphatic rings. The SMILES string of the molecule is NCCc1c(F)cccc1N1CCCOc2ccccc21. The lowest BCUT2D eigenvalue weighted by molar-refractivity contribution is 0.322. The Balaban J connectivity index is 2.10. The molecule has 0 bridgehead atoms. The molecular weight excluding hydrogens is 267 g/mol. The van der Waals surface area contributed by atoms with E-state index < -0.39 is 0 Å². The molecule has 0 saturated heterocycles. The number of halogens is 1. The number of nitrogens with two attached hydrogens (primary N) is 1. The van der Waals surface area contributed by atoms with Gasteiger partial charge in [-0.1, -0.05) is 18.2 Å². The van der Waals surface area contributed by atoms with E-state index in [1.54, 1.807) is 6.07 Å². The standard InChI is InChI=1S/C17H19FN2O/c18-14-5-3-7-15(13(14)9-10-19)20-11-4-12-21-17-8-2-1-6-16(17)20/h1-3,5-8H,4,9-12,19H2. The van der Waals surface area contributed by atoms with Crippen LogP contribution < -0.4 is 15.4 Å². The first-order valence-electron chi connectivity index (χ1n) is 7.28. The molecule has 0 spiro atoms. The minimum Gasteiger partial charge on any atom is -0.491 e. The van der Waals surface area contributed by atoms with E-state index in [4.69, 9.17) is 10.5 Å². The maximum Gasteiger partial charge on any atom is 0.142 e. The number of ether oxygens (including phenoxy) is 1. The molecule has 3 nitrogen and oxygen atoms in total. The molecule has 2 N–H and O–H groups in total. The zero-order valence-corrected chi connectivity index (χ0v) is 11.9. The lowest BCUT2D eigenvalue weighted by Crippen LogP contribution is -2.20. The maximum absolute atomic E-state index is 14.2. The molecule has 2 aromatic carbocycles. The summed E-state index contributed by atoms with van der Waals surface area (Å²) in [5.41, 5.74) is 8.19. The third kappa shape index (κ3) is 2.72. The molecule has 0 saturated carbocycles. The molecule has 0 aliphatic carbocycles. The van der Waals surface area contributed by atoms with E-state index in [0.717, 1.165) is 30.1 Å². The average Bonchev–Trinajstić information content (AvgIpc) is 2.72. The molecule has 2 aromatic rings. The summed E-state index contributed by atoms with van der Waals surface area (Å²) < 4.78 is 19.9. The molecule has 0 fully saturated rings. The van der Waals surface area contributed by atoms with E-state index in [9.17, 15) is 4.39 Å². The number of fused-ring (bicyclic) bond motifs is 1.